The monoisotopic (exact) mass is 530 g/mol. The number of phenols is 1. The molecule has 1 saturated heterocycles. The van der Waals surface area contributed by atoms with E-state index in [-0.39, 0.29) is 23.8 Å². The van der Waals surface area contributed by atoms with Crippen LogP contribution in [0.15, 0.2) is 41.3 Å². The Hall–Kier alpha value is -3.57. The number of thioether (sulfide) groups is 1. The molecule has 0 saturated carbocycles. The number of aromatic hydroxyl groups is 1. The van der Waals surface area contributed by atoms with Gasteiger partial charge in [0.15, 0.2) is 11.5 Å². The number of unbranched alkanes of at least 4 members (excludes halogenated alkanes) is 2. The molecule has 2 aromatic carbocycles. The highest BCUT2D eigenvalue weighted by Gasteiger charge is 2.31. The molecule has 3 N–H and O–H groups in total. The predicted molar refractivity (Wildman–Crippen MR) is 142 cm³/mol. The van der Waals surface area contributed by atoms with E-state index in [1.54, 1.807) is 37.3 Å². The third-order valence-corrected chi connectivity index (χ3v) is 6.75. The van der Waals surface area contributed by atoms with Crippen molar-refractivity contribution in [3.05, 3.63) is 52.4 Å². The first-order valence-electron chi connectivity index (χ1n) is 11.1. The van der Waals surface area contributed by atoms with E-state index in [0.717, 1.165) is 5.56 Å². The maximum Gasteiger partial charge on any atom is 0.339 e. The number of nitrogens with zero attached hydrogens (tertiary/aromatic N) is 1. The van der Waals surface area contributed by atoms with Crippen LogP contribution in [0.2, 0.25) is 0 Å². The number of carboxylic acids is 1. The lowest BCUT2D eigenvalue weighted by molar-refractivity contribution is -0.122. The van der Waals surface area contributed by atoms with Crippen molar-refractivity contribution >= 4 is 57.8 Å². The maximum atomic E-state index is 12.8. The van der Waals surface area contributed by atoms with Crippen LogP contribution >= 0.6 is 24.0 Å². The molecule has 36 heavy (non-hydrogen) atoms. The molecule has 1 heterocycles. The van der Waals surface area contributed by atoms with Gasteiger partial charge in [-0.1, -0.05) is 36.5 Å². The Bertz CT molecular complexity index is 1210. The van der Waals surface area contributed by atoms with Crippen molar-refractivity contribution in [1.82, 2.24) is 4.90 Å². The second-order valence-electron chi connectivity index (χ2n) is 7.84. The first-order valence-corrected chi connectivity index (χ1v) is 12.3. The zero-order valence-electron chi connectivity index (χ0n) is 19.8. The number of carbonyl (C=O) groups excluding carboxylic acids is 2. The van der Waals surface area contributed by atoms with E-state index in [2.05, 4.69) is 5.32 Å². The van der Waals surface area contributed by atoms with Crippen molar-refractivity contribution in [3.8, 4) is 17.2 Å². The molecule has 0 radical (unpaired) electrons. The average molecular weight is 531 g/mol. The molecule has 0 unspecified atom stereocenters. The summed E-state index contributed by atoms with van der Waals surface area (Å²) in [4.78, 5) is 38.0. The van der Waals surface area contributed by atoms with E-state index in [4.69, 9.17) is 26.8 Å². The van der Waals surface area contributed by atoms with Gasteiger partial charge in [0, 0.05) is 24.7 Å². The standard InChI is InChI=1S/C25H26N2O7S2/c1-33-19-10-7-15(12-20(19)34-2)13-21-23(30)27(25(35)36-21)11-5-3-4-6-22(29)26-16-8-9-17(24(31)32)18(28)14-16/h7-10,12-14,28H,3-6,11H2,1-2H3,(H,26,29)(H,31,32). The Kier molecular flexibility index (Phi) is 9.31. The van der Waals surface area contributed by atoms with Gasteiger partial charge < -0.3 is 25.0 Å². The number of ether oxygens (including phenoxy) is 2. The lowest BCUT2D eigenvalue weighted by Gasteiger charge is -2.14. The molecule has 9 nitrogen and oxygen atoms in total. The molecule has 1 aliphatic heterocycles. The third-order valence-electron chi connectivity index (χ3n) is 5.38. The van der Waals surface area contributed by atoms with Gasteiger partial charge >= 0.3 is 5.97 Å². The lowest BCUT2D eigenvalue weighted by Crippen LogP contribution is -2.29. The molecule has 1 aliphatic rings. The van der Waals surface area contributed by atoms with Crippen molar-refractivity contribution in [2.24, 2.45) is 0 Å². The summed E-state index contributed by atoms with van der Waals surface area (Å²) >= 11 is 6.64. The predicted octanol–water partition coefficient (Wildman–Crippen LogP) is 4.51. The van der Waals surface area contributed by atoms with E-state index in [0.29, 0.717) is 52.2 Å². The van der Waals surface area contributed by atoms with Crippen molar-refractivity contribution in [1.29, 1.82) is 0 Å². The van der Waals surface area contributed by atoms with Crippen LogP contribution in [-0.2, 0) is 9.59 Å². The number of benzene rings is 2. The van der Waals surface area contributed by atoms with E-state index in [1.807, 2.05) is 6.07 Å². The summed E-state index contributed by atoms with van der Waals surface area (Å²) in [6.07, 6.45) is 4.01. The number of aromatic carboxylic acids is 1. The summed E-state index contributed by atoms with van der Waals surface area (Å²) in [7, 11) is 3.11. The SMILES string of the molecule is COc1ccc(C=C2SC(=S)N(CCCCCC(=O)Nc3ccc(C(=O)O)c(O)c3)C2=O)cc1OC. The molecule has 1 fully saturated rings. The first-order chi connectivity index (χ1) is 17.2. The molecule has 2 amide bonds. The van der Waals surface area contributed by atoms with Crippen LogP contribution in [0.4, 0.5) is 5.69 Å². The highest BCUT2D eigenvalue weighted by molar-refractivity contribution is 8.26. The highest BCUT2D eigenvalue weighted by atomic mass is 32.2. The van der Waals surface area contributed by atoms with Crippen molar-refractivity contribution < 1.29 is 34.1 Å². The fourth-order valence-electron chi connectivity index (χ4n) is 3.53. The summed E-state index contributed by atoms with van der Waals surface area (Å²) in [5.41, 5.74) is 0.883. The zero-order chi connectivity index (χ0) is 26.2. The Morgan fingerprint density at radius 2 is 1.83 bits per heavy atom. The van der Waals surface area contributed by atoms with Crippen LogP contribution < -0.4 is 14.8 Å². The van der Waals surface area contributed by atoms with Crippen molar-refractivity contribution in [3.63, 3.8) is 0 Å². The second kappa shape index (κ2) is 12.4. The Labute approximate surface area is 218 Å². The molecular weight excluding hydrogens is 504 g/mol. The third kappa shape index (κ3) is 6.76. The van der Waals surface area contributed by atoms with Crippen molar-refractivity contribution in [2.45, 2.75) is 25.7 Å². The van der Waals surface area contributed by atoms with Gasteiger partial charge in [-0.2, -0.15) is 0 Å². The van der Waals surface area contributed by atoms with Crippen LogP contribution in [0.3, 0.4) is 0 Å². The van der Waals surface area contributed by atoms with Crippen LogP contribution in [0.25, 0.3) is 6.08 Å². The Morgan fingerprint density at radius 3 is 2.50 bits per heavy atom. The van der Waals surface area contributed by atoms with Gasteiger partial charge in [0.25, 0.3) is 5.91 Å². The average Bonchev–Trinajstić information content (AvgIpc) is 3.10. The molecule has 3 rings (SSSR count). The van der Waals surface area contributed by atoms with Gasteiger partial charge in [0.1, 0.15) is 15.6 Å². The number of hydrogen-bond donors (Lipinski definition) is 3. The van der Waals surface area contributed by atoms with E-state index >= 15 is 0 Å². The molecule has 11 heteroatoms. The molecule has 2 aromatic rings. The number of carbonyl (C=O) groups is 3. The molecule has 0 atom stereocenters. The largest absolute Gasteiger partial charge is 0.507 e. The summed E-state index contributed by atoms with van der Waals surface area (Å²) in [6.45, 7) is 0.458. The summed E-state index contributed by atoms with van der Waals surface area (Å²) in [5, 5.41) is 21.3. The van der Waals surface area contributed by atoms with E-state index in [9.17, 15) is 19.5 Å². The lowest BCUT2D eigenvalue weighted by atomic mass is 10.1. The van der Waals surface area contributed by atoms with Gasteiger partial charge in [-0.05, 0) is 48.7 Å². The number of carboxylic acid groups (broad SMARTS) is 1. The summed E-state index contributed by atoms with van der Waals surface area (Å²) < 4.78 is 11.0. The number of nitrogens with one attached hydrogen (secondary N) is 1. The highest BCUT2D eigenvalue weighted by Crippen LogP contribution is 2.35. The molecule has 0 spiro atoms. The molecule has 0 bridgehead atoms. The fourth-order valence-corrected chi connectivity index (χ4v) is 4.84. The first kappa shape index (κ1) is 27.0. The number of hydrogen-bond acceptors (Lipinski definition) is 8. The summed E-state index contributed by atoms with van der Waals surface area (Å²) in [6, 6.07) is 9.25. The minimum absolute atomic E-state index is 0.151. The number of amides is 2. The number of thiocarbonyl (C=S) groups is 1. The van der Waals surface area contributed by atoms with Gasteiger partial charge in [0.2, 0.25) is 5.91 Å². The minimum atomic E-state index is -1.25. The normalized spacial score (nSPS) is 14.3. The van der Waals surface area contributed by atoms with Crippen LogP contribution in [0.5, 0.6) is 17.2 Å². The number of rotatable bonds is 11. The second-order valence-corrected chi connectivity index (χ2v) is 9.52. The van der Waals surface area contributed by atoms with Crippen LogP contribution in [0.1, 0.15) is 41.6 Å². The number of methoxy groups -OCH3 is 2. The van der Waals surface area contributed by atoms with Gasteiger partial charge in [-0.25, -0.2) is 4.79 Å². The maximum absolute atomic E-state index is 12.8. The quantitative estimate of drug-likeness (QED) is 0.219. The van der Waals surface area contributed by atoms with E-state index < -0.39 is 11.7 Å². The van der Waals surface area contributed by atoms with E-state index in [1.165, 1.54) is 30.0 Å². The Balaban J connectivity index is 1.45. The fraction of sp³-hybridized carbons (Fsp3) is 0.280. The Morgan fingerprint density at radius 1 is 1.08 bits per heavy atom. The molecule has 190 valence electrons. The van der Waals surface area contributed by atoms with Crippen LogP contribution in [0, 0.1) is 0 Å². The molecular formula is C25H26N2O7S2. The topological polar surface area (TPSA) is 125 Å². The van der Waals surface area contributed by atoms with Gasteiger partial charge in [-0.15, -0.1) is 0 Å². The summed E-state index contributed by atoms with van der Waals surface area (Å²) in [5.74, 6) is -0.889. The zero-order valence-corrected chi connectivity index (χ0v) is 21.4. The molecule has 0 aliphatic carbocycles. The number of anilines is 1. The molecule has 0 aromatic heterocycles. The van der Waals surface area contributed by atoms with Crippen molar-refractivity contribution in [2.75, 3.05) is 26.1 Å². The minimum Gasteiger partial charge on any atom is -0.507 e. The van der Waals surface area contributed by atoms with Gasteiger partial charge in [-0.3, -0.25) is 14.5 Å². The van der Waals surface area contributed by atoms with Gasteiger partial charge in [0.05, 0.1) is 19.1 Å². The smallest absolute Gasteiger partial charge is 0.339 e. The van der Waals surface area contributed by atoms with Crippen LogP contribution in [-0.4, -0.2) is 58.0 Å².